The molecule has 6 heteroatoms. The van der Waals surface area contributed by atoms with Crippen LogP contribution in [0.3, 0.4) is 0 Å². The third-order valence-corrected chi connectivity index (χ3v) is 4.42. The zero-order valence-corrected chi connectivity index (χ0v) is 15.5. The third-order valence-electron chi connectivity index (χ3n) is 4.42. The Bertz CT molecular complexity index is 771. The molecule has 0 spiro atoms. The molecule has 6 nitrogen and oxygen atoms in total. The lowest BCUT2D eigenvalue weighted by Crippen LogP contribution is -2.24. The molecule has 0 atom stereocenters. The van der Waals surface area contributed by atoms with E-state index in [0.717, 1.165) is 32.1 Å². The summed E-state index contributed by atoms with van der Waals surface area (Å²) in [6, 6.07) is 6.79. The number of carbonyl (C=O) groups is 2. The van der Waals surface area contributed by atoms with Crippen LogP contribution in [0.2, 0.25) is 0 Å². The fourth-order valence-electron chi connectivity index (χ4n) is 2.96. The van der Waals surface area contributed by atoms with E-state index in [9.17, 15) is 14.9 Å². The molecule has 0 unspecified atom stereocenters. The first kappa shape index (κ1) is 20.2. The monoisotopic (exact) mass is 368 g/mol. The predicted molar refractivity (Wildman–Crippen MR) is 102 cm³/mol. The summed E-state index contributed by atoms with van der Waals surface area (Å²) in [5.74, 6) is -0.0831. The quantitative estimate of drug-likeness (QED) is 0.262. The van der Waals surface area contributed by atoms with Crippen molar-refractivity contribution in [3.05, 3.63) is 42.0 Å². The fourth-order valence-corrected chi connectivity index (χ4v) is 2.96. The second-order valence-electron chi connectivity index (χ2n) is 6.33. The number of carbonyl (C=O) groups excluding carboxylic acids is 2. The number of benzene rings is 1. The molecule has 0 aromatic heterocycles. The van der Waals surface area contributed by atoms with Crippen molar-refractivity contribution in [3.63, 3.8) is 0 Å². The molecule has 2 rings (SSSR count). The Morgan fingerprint density at radius 1 is 1.30 bits per heavy atom. The van der Waals surface area contributed by atoms with Crippen LogP contribution in [-0.4, -0.2) is 25.5 Å². The molecule has 1 amide bonds. The van der Waals surface area contributed by atoms with Gasteiger partial charge in [-0.3, -0.25) is 9.59 Å². The van der Waals surface area contributed by atoms with Gasteiger partial charge in [-0.05, 0) is 36.6 Å². The Kier molecular flexibility index (Phi) is 7.63. The lowest BCUT2D eigenvalue weighted by atomic mass is 9.89. The van der Waals surface area contributed by atoms with Crippen molar-refractivity contribution in [1.29, 1.82) is 5.26 Å². The molecule has 1 aromatic rings. The highest BCUT2D eigenvalue weighted by Gasteiger charge is 2.24. The van der Waals surface area contributed by atoms with Gasteiger partial charge in [-0.15, -0.1) is 6.58 Å². The first-order chi connectivity index (χ1) is 13.1. The van der Waals surface area contributed by atoms with Crippen LogP contribution in [0.25, 0.3) is 6.08 Å². The largest absolute Gasteiger partial charge is 0.493 e. The minimum atomic E-state index is -0.482. The van der Waals surface area contributed by atoms with Crippen LogP contribution in [0.15, 0.2) is 36.4 Å². The van der Waals surface area contributed by atoms with E-state index in [0.29, 0.717) is 17.1 Å². The van der Waals surface area contributed by atoms with E-state index in [1.165, 1.54) is 19.3 Å². The summed E-state index contributed by atoms with van der Waals surface area (Å²) in [6.07, 6.45) is 7.95. The standard InChI is InChI=1S/C21H24N2O4/c1-3-11-23-20(24)17(14-22)12-15-9-10-18(19(13-15)26-2)27-21(25)16-7-5-4-6-8-16/h3,9-10,12-13,16H,1,4-8,11H2,2H3,(H,23,24)/b17-12-. The molecule has 0 aliphatic heterocycles. The molecule has 1 fully saturated rings. The van der Waals surface area contributed by atoms with Gasteiger partial charge in [0.2, 0.25) is 0 Å². The summed E-state index contributed by atoms with van der Waals surface area (Å²) in [5.41, 5.74) is 0.556. The van der Waals surface area contributed by atoms with E-state index in [1.54, 1.807) is 18.2 Å². The molecule has 1 saturated carbocycles. The van der Waals surface area contributed by atoms with Crippen molar-refractivity contribution < 1.29 is 19.1 Å². The Balaban J connectivity index is 2.16. The molecule has 1 aromatic carbocycles. The van der Waals surface area contributed by atoms with Crippen molar-refractivity contribution in [3.8, 4) is 17.6 Å². The van der Waals surface area contributed by atoms with Gasteiger partial charge < -0.3 is 14.8 Å². The summed E-state index contributed by atoms with van der Waals surface area (Å²) >= 11 is 0. The highest BCUT2D eigenvalue weighted by atomic mass is 16.6. The van der Waals surface area contributed by atoms with Gasteiger partial charge in [0.05, 0.1) is 13.0 Å². The molecule has 142 valence electrons. The lowest BCUT2D eigenvalue weighted by molar-refractivity contribution is -0.140. The summed E-state index contributed by atoms with van der Waals surface area (Å²) < 4.78 is 10.8. The van der Waals surface area contributed by atoms with Crippen molar-refractivity contribution in [2.75, 3.05) is 13.7 Å². The van der Waals surface area contributed by atoms with Crippen LogP contribution in [0.1, 0.15) is 37.7 Å². The number of ether oxygens (including phenoxy) is 2. The average molecular weight is 368 g/mol. The van der Waals surface area contributed by atoms with Crippen LogP contribution < -0.4 is 14.8 Å². The van der Waals surface area contributed by atoms with Gasteiger partial charge in [-0.2, -0.15) is 5.26 Å². The minimum Gasteiger partial charge on any atom is -0.493 e. The zero-order chi connectivity index (χ0) is 19.6. The molecule has 0 bridgehead atoms. The SMILES string of the molecule is C=CCNC(=O)/C(C#N)=C\c1ccc(OC(=O)C2CCCCC2)c(OC)c1. The normalized spacial score (nSPS) is 14.7. The van der Waals surface area contributed by atoms with Gasteiger partial charge in [0.15, 0.2) is 11.5 Å². The van der Waals surface area contributed by atoms with Crippen LogP contribution in [-0.2, 0) is 9.59 Å². The maximum absolute atomic E-state index is 12.3. The van der Waals surface area contributed by atoms with E-state index in [4.69, 9.17) is 9.47 Å². The smallest absolute Gasteiger partial charge is 0.314 e. The Hall–Kier alpha value is -3.07. The lowest BCUT2D eigenvalue weighted by Gasteiger charge is -2.20. The van der Waals surface area contributed by atoms with E-state index in [2.05, 4.69) is 11.9 Å². The first-order valence-electron chi connectivity index (χ1n) is 8.99. The van der Waals surface area contributed by atoms with Gasteiger partial charge in [0, 0.05) is 6.54 Å². The van der Waals surface area contributed by atoms with E-state index < -0.39 is 5.91 Å². The minimum absolute atomic E-state index is 0.0362. The number of methoxy groups -OCH3 is 1. The molecule has 1 aliphatic carbocycles. The molecular weight excluding hydrogens is 344 g/mol. The highest BCUT2D eigenvalue weighted by Crippen LogP contribution is 2.31. The molecule has 1 N–H and O–H groups in total. The van der Waals surface area contributed by atoms with Crippen molar-refractivity contribution >= 4 is 18.0 Å². The average Bonchev–Trinajstić information content (AvgIpc) is 2.71. The molecule has 0 saturated heterocycles. The van der Waals surface area contributed by atoms with Gasteiger partial charge in [-0.1, -0.05) is 31.4 Å². The molecule has 1 aliphatic rings. The van der Waals surface area contributed by atoms with Crippen LogP contribution in [0.4, 0.5) is 0 Å². The van der Waals surface area contributed by atoms with Gasteiger partial charge in [0.25, 0.3) is 5.91 Å². The summed E-state index contributed by atoms with van der Waals surface area (Å²) in [6.45, 7) is 3.79. The van der Waals surface area contributed by atoms with Gasteiger partial charge in [-0.25, -0.2) is 0 Å². The van der Waals surface area contributed by atoms with Crippen molar-refractivity contribution in [2.24, 2.45) is 5.92 Å². The third kappa shape index (κ3) is 5.71. The van der Waals surface area contributed by atoms with Gasteiger partial charge >= 0.3 is 5.97 Å². The Morgan fingerprint density at radius 2 is 2.04 bits per heavy atom. The highest BCUT2D eigenvalue weighted by molar-refractivity contribution is 6.01. The molecule has 0 radical (unpaired) electrons. The zero-order valence-electron chi connectivity index (χ0n) is 15.5. The fraction of sp³-hybridized carbons (Fsp3) is 0.381. The summed E-state index contributed by atoms with van der Waals surface area (Å²) in [4.78, 5) is 24.3. The molecule has 27 heavy (non-hydrogen) atoms. The number of nitrogens with one attached hydrogen (secondary N) is 1. The van der Waals surface area contributed by atoms with Gasteiger partial charge in [0.1, 0.15) is 11.6 Å². The second kappa shape index (κ2) is 10.2. The number of nitriles is 1. The number of nitrogens with zero attached hydrogens (tertiary/aromatic N) is 1. The number of esters is 1. The van der Waals surface area contributed by atoms with Crippen LogP contribution >= 0.6 is 0 Å². The van der Waals surface area contributed by atoms with Crippen molar-refractivity contribution in [1.82, 2.24) is 5.32 Å². The van der Waals surface area contributed by atoms with E-state index >= 15 is 0 Å². The first-order valence-corrected chi connectivity index (χ1v) is 8.99. The topological polar surface area (TPSA) is 88.4 Å². The van der Waals surface area contributed by atoms with Crippen molar-refractivity contribution in [2.45, 2.75) is 32.1 Å². The molecule has 0 heterocycles. The number of amides is 1. The Morgan fingerprint density at radius 3 is 2.67 bits per heavy atom. The van der Waals surface area contributed by atoms with Crippen LogP contribution in [0, 0.1) is 17.2 Å². The Labute approximate surface area is 159 Å². The van der Waals surface area contributed by atoms with E-state index in [1.807, 2.05) is 6.07 Å². The maximum atomic E-state index is 12.3. The summed E-state index contributed by atoms with van der Waals surface area (Å²) in [5, 5.41) is 11.8. The van der Waals surface area contributed by atoms with Crippen LogP contribution in [0.5, 0.6) is 11.5 Å². The predicted octanol–water partition coefficient (Wildman–Crippen LogP) is 3.39. The van der Waals surface area contributed by atoms with E-state index in [-0.39, 0.29) is 24.0 Å². The second-order valence-corrected chi connectivity index (χ2v) is 6.33. The number of hydrogen-bond donors (Lipinski definition) is 1. The summed E-state index contributed by atoms with van der Waals surface area (Å²) in [7, 11) is 1.47. The molecular formula is C21H24N2O4. The number of rotatable bonds is 7. The maximum Gasteiger partial charge on any atom is 0.314 e. The number of hydrogen-bond acceptors (Lipinski definition) is 5.